The second-order valence-electron chi connectivity index (χ2n) is 4.56. The molecule has 0 radical (unpaired) electrons. The van der Waals surface area contributed by atoms with Gasteiger partial charge in [-0.05, 0) is 24.1 Å². The highest BCUT2D eigenvalue weighted by atomic mass is 32.1. The summed E-state index contributed by atoms with van der Waals surface area (Å²) in [6, 6.07) is 7.76. The predicted molar refractivity (Wildman–Crippen MR) is 85.6 cm³/mol. The van der Waals surface area contributed by atoms with E-state index < -0.39 is 0 Å². The first-order valence-electron chi connectivity index (χ1n) is 6.58. The molecule has 0 unspecified atom stereocenters. The molecule has 0 saturated heterocycles. The van der Waals surface area contributed by atoms with Gasteiger partial charge in [-0.25, -0.2) is 9.97 Å². The molecular formula is C15H14N4OS. The van der Waals surface area contributed by atoms with Crippen molar-refractivity contribution in [2.45, 2.75) is 13.3 Å². The van der Waals surface area contributed by atoms with Gasteiger partial charge in [0, 0.05) is 18.1 Å². The molecular weight excluding hydrogens is 284 g/mol. The smallest absolute Gasteiger partial charge is 0.268 e. The van der Waals surface area contributed by atoms with Crippen LogP contribution < -0.4 is 11.1 Å². The van der Waals surface area contributed by atoms with Gasteiger partial charge in [-0.2, -0.15) is 0 Å². The van der Waals surface area contributed by atoms with Crippen LogP contribution in [0.25, 0.3) is 10.3 Å². The number of nitrogens with two attached hydrogens (primary N) is 1. The monoisotopic (exact) mass is 298 g/mol. The number of benzene rings is 1. The van der Waals surface area contributed by atoms with Gasteiger partial charge in [-0.15, -0.1) is 11.3 Å². The first kappa shape index (κ1) is 13.5. The van der Waals surface area contributed by atoms with Crippen molar-refractivity contribution in [3.8, 4) is 0 Å². The molecule has 106 valence electrons. The maximum atomic E-state index is 12.3. The average molecular weight is 298 g/mol. The molecule has 21 heavy (non-hydrogen) atoms. The normalized spacial score (nSPS) is 10.7. The Labute approximate surface area is 125 Å². The van der Waals surface area contributed by atoms with Crippen molar-refractivity contribution in [1.29, 1.82) is 0 Å². The number of hydrogen-bond acceptors (Lipinski definition) is 5. The molecule has 3 aromatic rings. The van der Waals surface area contributed by atoms with Crippen molar-refractivity contribution in [2.24, 2.45) is 0 Å². The lowest BCUT2D eigenvalue weighted by atomic mass is 10.1. The maximum absolute atomic E-state index is 12.3. The number of thiophene rings is 1. The quantitative estimate of drug-likeness (QED) is 0.778. The van der Waals surface area contributed by atoms with Crippen molar-refractivity contribution in [3.63, 3.8) is 0 Å². The van der Waals surface area contributed by atoms with Crippen molar-refractivity contribution in [3.05, 3.63) is 47.1 Å². The van der Waals surface area contributed by atoms with E-state index in [-0.39, 0.29) is 5.91 Å². The van der Waals surface area contributed by atoms with Crippen LogP contribution in [0.4, 0.5) is 11.4 Å². The highest BCUT2D eigenvalue weighted by Gasteiger charge is 2.17. The highest BCUT2D eigenvalue weighted by molar-refractivity contribution is 7.21. The third kappa shape index (κ3) is 2.57. The van der Waals surface area contributed by atoms with Gasteiger partial charge in [0.15, 0.2) is 0 Å². The summed E-state index contributed by atoms with van der Waals surface area (Å²) < 4.78 is 0. The third-order valence-electron chi connectivity index (χ3n) is 3.19. The number of amides is 1. The number of carbonyl (C=O) groups excluding carboxylic acids is 1. The summed E-state index contributed by atoms with van der Waals surface area (Å²) in [5.41, 5.74) is 8.91. The lowest BCUT2D eigenvalue weighted by Gasteiger charge is -2.05. The summed E-state index contributed by atoms with van der Waals surface area (Å²) in [4.78, 5) is 21.8. The van der Waals surface area contributed by atoms with Gasteiger partial charge < -0.3 is 11.1 Å². The average Bonchev–Trinajstić information content (AvgIpc) is 2.86. The Hall–Kier alpha value is -2.47. The zero-order valence-corrected chi connectivity index (χ0v) is 12.3. The molecule has 2 aromatic heterocycles. The topological polar surface area (TPSA) is 80.9 Å². The Balaban J connectivity index is 1.87. The molecule has 1 aromatic carbocycles. The van der Waals surface area contributed by atoms with Crippen LogP contribution in [-0.4, -0.2) is 15.9 Å². The fourth-order valence-corrected chi connectivity index (χ4v) is 2.94. The molecule has 0 bridgehead atoms. The van der Waals surface area contributed by atoms with Crippen molar-refractivity contribution in [1.82, 2.24) is 9.97 Å². The van der Waals surface area contributed by atoms with E-state index in [9.17, 15) is 4.79 Å². The number of nitrogens with one attached hydrogen (secondary N) is 1. The third-order valence-corrected chi connectivity index (χ3v) is 4.29. The number of rotatable bonds is 3. The summed E-state index contributed by atoms with van der Waals surface area (Å²) in [5.74, 6) is -0.235. The first-order chi connectivity index (χ1) is 10.2. The van der Waals surface area contributed by atoms with E-state index in [1.807, 2.05) is 24.3 Å². The summed E-state index contributed by atoms with van der Waals surface area (Å²) in [6.45, 7) is 2.09. The Morgan fingerprint density at radius 2 is 1.95 bits per heavy atom. The van der Waals surface area contributed by atoms with Crippen LogP contribution in [0.15, 0.2) is 36.7 Å². The lowest BCUT2D eigenvalue weighted by Crippen LogP contribution is -2.11. The predicted octanol–water partition coefficient (Wildman–Crippen LogP) is 3.09. The highest BCUT2D eigenvalue weighted by Crippen LogP contribution is 2.30. The lowest BCUT2D eigenvalue weighted by molar-refractivity contribution is 0.103. The standard InChI is InChI=1S/C15H14N4OS/c1-2-9-3-5-10(6-4-9)19-14(20)13-11(16)12-15(21-13)18-8-7-17-12/h3-8H,2,16H2,1H3,(H,19,20). The molecule has 0 aliphatic carbocycles. The minimum absolute atomic E-state index is 0.235. The molecule has 5 nitrogen and oxygen atoms in total. The molecule has 1 amide bonds. The fraction of sp³-hybridized carbons (Fsp3) is 0.133. The number of aryl methyl sites for hydroxylation is 1. The SMILES string of the molecule is CCc1ccc(NC(=O)c2sc3nccnc3c2N)cc1. The Kier molecular flexibility index (Phi) is 3.53. The van der Waals surface area contributed by atoms with Crippen LogP contribution in [0.5, 0.6) is 0 Å². The van der Waals surface area contributed by atoms with Crippen LogP contribution in [0.1, 0.15) is 22.2 Å². The first-order valence-corrected chi connectivity index (χ1v) is 7.40. The van der Waals surface area contributed by atoms with E-state index in [0.717, 1.165) is 12.1 Å². The molecule has 3 rings (SSSR count). The Morgan fingerprint density at radius 1 is 1.24 bits per heavy atom. The van der Waals surface area contributed by atoms with Crippen LogP contribution >= 0.6 is 11.3 Å². The molecule has 0 spiro atoms. The van der Waals surface area contributed by atoms with Crippen molar-refractivity contribution < 1.29 is 4.79 Å². The number of nitrogen functional groups attached to an aromatic ring is 1. The van der Waals surface area contributed by atoms with Gasteiger partial charge in [-0.3, -0.25) is 4.79 Å². The molecule has 0 fully saturated rings. The molecule has 6 heteroatoms. The number of hydrogen-bond donors (Lipinski definition) is 2. The molecule has 0 aliphatic rings. The molecule has 2 heterocycles. The van der Waals surface area contributed by atoms with Gasteiger partial charge in [0.25, 0.3) is 5.91 Å². The maximum Gasteiger partial charge on any atom is 0.268 e. The van der Waals surface area contributed by atoms with Gasteiger partial charge in [0.2, 0.25) is 0 Å². The van der Waals surface area contributed by atoms with E-state index >= 15 is 0 Å². The molecule has 0 saturated carbocycles. The minimum atomic E-state index is -0.235. The number of aromatic nitrogens is 2. The van der Waals surface area contributed by atoms with Crippen molar-refractivity contribution >= 4 is 39.0 Å². The zero-order valence-electron chi connectivity index (χ0n) is 11.5. The zero-order chi connectivity index (χ0) is 14.8. The van der Waals surface area contributed by atoms with Crippen LogP contribution in [0, 0.1) is 0 Å². The van der Waals surface area contributed by atoms with Crippen LogP contribution in [-0.2, 0) is 6.42 Å². The summed E-state index contributed by atoms with van der Waals surface area (Å²) in [6.07, 6.45) is 4.12. The van der Waals surface area contributed by atoms with Crippen LogP contribution in [0.3, 0.4) is 0 Å². The van der Waals surface area contributed by atoms with Gasteiger partial charge >= 0.3 is 0 Å². The van der Waals surface area contributed by atoms with Gasteiger partial charge in [0.05, 0.1) is 5.69 Å². The number of fused-ring (bicyclic) bond motifs is 1. The summed E-state index contributed by atoms with van der Waals surface area (Å²) in [7, 11) is 0. The number of carbonyl (C=O) groups is 1. The molecule has 3 N–H and O–H groups in total. The Bertz CT molecular complexity index is 795. The molecule has 0 aliphatic heterocycles. The van der Waals surface area contributed by atoms with E-state index in [2.05, 4.69) is 22.2 Å². The summed E-state index contributed by atoms with van der Waals surface area (Å²) in [5, 5.41) is 2.85. The van der Waals surface area contributed by atoms with Crippen LogP contribution in [0.2, 0.25) is 0 Å². The van der Waals surface area contributed by atoms with E-state index in [0.29, 0.717) is 20.9 Å². The number of anilines is 2. The summed E-state index contributed by atoms with van der Waals surface area (Å²) >= 11 is 1.25. The van der Waals surface area contributed by atoms with Crippen molar-refractivity contribution in [2.75, 3.05) is 11.1 Å². The van der Waals surface area contributed by atoms with Gasteiger partial charge in [-0.1, -0.05) is 19.1 Å². The minimum Gasteiger partial charge on any atom is -0.396 e. The van der Waals surface area contributed by atoms with E-state index in [1.165, 1.54) is 16.9 Å². The van der Waals surface area contributed by atoms with E-state index in [4.69, 9.17) is 5.73 Å². The Morgan fingerprint density at radius 3 is 2.62 bits per heavy atom. The largest absolute Gasteiger partial charge is 0.396 e. The number of nitrogens with zero attached hydrogens (tertiary/aromatic N) is 2. The molecule has 0 atom stereocenters. The van der Waals surface area contributed by atoms with Gasteiger partial charge in [0.1, 0.15) is 15.2 Å². The second kappa shape index (κ2) is 5.49. The second-order valence-corrected chi connectivity index (χ2v) is 5.56. The van der Waals surface area contributed by atoms with E-state index in [1.54, 1.807) is 12.4 Å². The fourth-order valence-electron chi connectivity index (χ4n) is 2.02.